The summed E-state index contributed by atoms with van der Waals surface area (Å²) in [4.78, 5) is 4.43. The molecule has 3 heteroatoms. The van der Waals surface area contributed by atoms with Crippen LogP contribution in [0, 0.1) is 0 Å². The number of hydrogen-bond acceptors (Lipinski definition) is 2. The molecule has 2 aromatic rings. The fraction of sp³-hybridized carbons (Fsp3) is 0.308. The molecule has 0 spiro atoms. The van der Waals surface area contributed by atoms with Gasteiger partial charge < -0.3 is 9.67 Å². The normalized spacial score (nSPS) is 16.3. The Kier molecular flexibility index (Phi) is 1.99. The highest BCUT2D eigenvalue weighted by atomic mass is 16.3. The predicted octanol–water partition coefficient (Wildman–Crippen LogP) is 2.47. The molecule has 1 aliphatic rings. The number of aliphatic imine (C=N–C) groups is 1. The number of aromatic hydroxyl groups is 1. The molecular weight excluding hydrogens is 200 g/mol. The van der Waals surface area contributed by atoms with Gasteiger partial charge in [-0.15, -0.1) is 0 Å². The standard InChI is InChI=1S/C13H14N2O/c1-15-12-5-3-2-4-10(12)11(13(15)16)8-14-9-6-7-9/h2-5,8-9,16H,6-7H2,1H3. The summed E-state index contributed by atoms with van der Waals surface area (Å²) in [6, 6.07) is 8.46. The van der Waals surface area contributed by atoms with Gasteiger partial charge in [0.25, 0.3) is 0 Å². The molecule has 0 bridgehead atoms. The lowest BCUT2D eigenvalue weighted by Crippen LogP contribution is -1.86. The summed E-state index contributed by atoms with van der Waals surface area (Å²) in [5.41, 5.74) is 1.88. The minimum Gasteiger partial charge on any atom is -0.494 e. The van der Waals surface area contributed by atoms with Crippen molar-refractivity contribution in [2.24, 2.45) is 12.0 Å². The van der Waals surface area contributed by atoms with Crippen LogP contribution in [-0.2, 0) is 7.05 Å². The molecule has 16 heavy (non-hydrogen) atoms. The van der Waals surface area contributed by atoms with E-state index in [0.29, 0.717) is 11.9 Å². The quantitative estimate of drug-likeness (QED) is 0.766. The zero-order chi connectivity index (χ0) is 11.1. The SMILES string of the molecule is Cn1c(O)c(C=NC2CC2)c2ccccc21. The second-order valence-electron chi connectivity index (χ2n) is 4.32. The molecule has 1 aromatic carbocycles. The van der Waals surface area contributed by atoms with E-state index in [1.807, 2.05) is 37.5 Å². The average molecular weight is 214 g/mol. The monoisotopic (exact) mass is 214 g/mol. The molecule has 1 aromatic heterocycles. The Balaban J connectivity index is 2.17. The summed E-state index contributed by atoms with van der Waals surface area (Å²) in [7, 11) is 1.87. The highest BCUT2D eigenvalue weighted by Gasteiger charge is 2.20. The van der Waals surface area contributed by atoms with Gasteiger partial charge in [-0.1, -0.05) is 18.2 Å². The topological polar surface area (TPSA) is 37.5 Å². The van der Waals surface area contributed by atoms with Gasteiger partial charge in [0, 0.05) is 18.6 Å². The van der Waals surface area contributed by atoms with Crippen LogP contribution < -0.4 is 0 Å². The molecule has 82 valence electrons. The second kappa shape index (κ2) is 3.37. The van der Waals surface area contributed by atoms with E-state index < -0.39 is 0 Å². The van der Waals surface area contributed by atoms with Gasteiger partial charge in [-0.2, -0.15) is 0 Å². The summed E-state index contributed by atoms with van der Waals surface area (Å²) in [6.07, 6.45) is 4.18. The Labute approximate surface area is 94.0 Å². The molecular formula is C13H14N2O. The molecule has 1 heterocycles. The fourth-order valence-electron chi connectivity index (χ4n) is 1.94. The number of para-hydroxylation sites is 1. The molecule has 3 nitrogen and oxygen atoms in total. The van der Waals surface area contributed by atoms with Crippen molar-refractivity contribution in [2.75, 3.05) is 0 Å². The largest absolute Gasteiger partial charge is 0.494 e. The Bertz CT molecular complexity index is 565. The van der Waals surface area contributed by atoms with Crippen LogP contribution in [-0.4, -0.2) is 21.9 Å². The van der Waals surface area contributed by atoms with E-state index >= 15 is 0 Å². The van der Waals surface area contributed by atoms with Gasteiger partial charge in [0.15, 0.2) is 0 Å². The first-order valence-electron chi connectivity index (χ1n) is 5.57. The molecule has 1 N–H and O–H groups in total. The van der Waals surface area contributed by atoms with Gasteiger partial charge in [-0.05, 0) is 18.9 Å². The number of rotatable bonds is 2. The van der Waals surface area contributed by atoms with Crippen LogP contribution in [0.5, 0.6) is 5.88 Å². The molecule has 0 radical (unpaired) electrons. The number of aryl methyl sites for hydroxylation is 1. The Morgan fingerprint density at radius 3 is 2.88 bits per heavy atom. The summed E-state index contributed by atoms with van der Waals surface area (Å²) in [5.74, 6) is 0.297. The summed E-state index contributed by atoms with van der Waals surface area (Å²) >= 11 is 0. The van der Waals surface area contributed by atoms with E-state index in [9.17, 15) is 5.11 Å². The van der Waals surface area contributed by atoms with E-state index in [2.05, 4.69) is 4.99 Å². The first-order valence-corrected chi connectivity index (χ1v) is 5.57. The maximum Gasteiger partial charge on any atom is 0.200 e. The van der Waals surface area contributed by atoms with E-state index in [4.69, 9.17) is 0 Å². The lowest BCUT2D eigenvalue weighted by molar-refractivity contribution is 0.434. The molecule has 0 saturated heterocycles. The maximum atomic E-state index is 10.0. The molecule has 0 aliphatic heterocycles. The van der Waals surface area contributed by atoms with Crippen LogP contribution in [0.2, 0.25) is 0 Å². The van der Waals surface area contributed by atoms with Crippen molar-refractivity contribution in [1.82, 2.24) is 4.57 Å². The zero-order valence-corrected chi connectivity index (χ0v) is 9.22. The third kappa shape index (κ3) is 1.40. The van der Waals surface area contributed by atoms with E-state index in [0.717, 1.165) is 16.5 Å². The van der Waals surface area contributed by atoms with Crippen molar-refractivity contribution in [3.8, 4) is 5.88 Å². The minimum atomic E-state index is 0.297. The zero-order valence-electron chi connectivity index (χ0n) is 9.22. The number of hydrogen-bond donors (Lipinski definition) is 1. The smallest absolute Gasteiger partial charge is 0.200 e. The third-order valence-corrected chi connectivity index (χ3v) is 3.08. The highest BCUT2D eigenvalue weighted by molar-refractivity contribution is 6.02. The van der Waals surface area contributed by atoms with Gasteiger partial charge in [0.1, 0.15) is 0 Å². The van der Waals surface area contributed by atoms with Crippen molar-refractivity contribution in [2.45, 2.75) is 18.9 Å². The molecule has 1 saturated carbocycles. The maximum absolute atomic E-state index is 10.0. The van der Waals surface area contributed by atoms with Gasteiger partial charge in [0.05, 0.1) is 17.1 Å². The number of aromatic nitrogens is 1. The molecule has 0 unspecified atom stereocenters. The van der Waals surface area contributed by atoms with Crippen molar-refractivity contribution in [3.63, 3.8) is 0 Å². The van der Waals surface area contributed by atoms with Crippen molar-refractivity contribution >= 4 is 17.1 Å². The average Bonchev–Trinajstić information content (AvgIpc) is 3.09. The first-order chi connectivity index (χ1) is 7.77. The van der Waals surface area contributed by atoms with Crippen LogP contribution >= 0.6 is 0 Å². The second-order valence-corrected chi connectivity index (χ2v) is 4.32. The van der Waals surface area contributed by atoms with Crippen LogP contribution in [0.4, 0.5) is 0 Å². The summed E-state index contributed by atoms with van der Waals surface area (Å²) in [6.45, 7) is 0. The Hall–Kier alpha value is -1.77. The highest BCUT2D eigenvalue weighted by Crippen LogP contribution is 2.30. The van der Waals surface area contributed by atoms with Crippen LogP contribution in [0.15, 0.2) is 29.3 Å². The Morgan fingerprint density at radius 2 is 2.12 bits per heavy atom. The number of nitrogens with zero attached hydrogens (tertiary/aromatic N) is 2. The Morgan fingerprint density at radius 1 is 1.38 bits per heavy atom. The predicted molar refractivity (Wildman–Crippen MR) is 65.2 cm³/mol. The third-order valence-electron chi connectivity index (χ3n) is 3.08. The van der Waals surface area contributed by atoms with E-state index in [1.165, 1.54) is 12.8 Å². The fourth-order valence-corrected chi connectivity index (χ4v) is 1.94. The van der Waals surface area contributed by atoms with Crippen LogP contribution in [0.1, 0.15) is 18.4 Å². The van der Waals surface area contributed by atoms with Gasteiger partial charge in [-0.25, -0.2) is 0 Å². The van der Waals surface area contributed by atoms with E-state index in [-0.39, 0.29) is 0 Å². The van der Waals surface area contributed by atoms with Gasteiger partial charge in [-0.3, -0.25) is 4.99 Å². The van der Waals surface area contributed by atoms with Crippen molar-refractivity contribution in [1.29, 1.82) is 0 Å². The first kappa shape index (κ1) is 9.46. The minimum absolute atomic E-state index is 0.297. The van der Waals surface area contributed by atoms with Crippen LogP contribution in [0.3, 0.4) is 0 Å². The lowest BCUT2D eigenvalue weighted by Gasteiger charge is -1.95. The van der Waals surface area contributed by atoms with Gasteiger partial charge in [0.2, 0.25) is 5.88 Å². The molecule has 1 fully saturated rings. The van der Waals surface area contributed by atoms with Crippen LogP contribution in [0.25, 0.3) is 10.9 Å². The van der Waals surface area contributed by atoms with Crippen molar-refractivity contribution < 1.29 is 5.11 Å². The lowest BCUT2D eigenvalue weighted by atomic mass is 10.2. The van der Waals surface area contributed by atoms with Crippen molar-refractivity contribution in [3.05, 3.63) is 29.8 Å². The van der Waals surface area contributed by atoms with Gasteiger partial charge >= 0.3 is 0 Å². The molecule has 0 atom stereocenters. The molecule has 0 amide bonds. The summed E-state index contributed by atoms with van der Waals surface area (Å²) < 4.78 is 1.80. The number of benzene rings is 1. The summed E-state index contributed by atoms with van der Waals surface area (Å²) in [5, 5.41) is 11.1. The van der Waals surface area contributed by atoms with E-state index in [1.54, 1.807) is 4.57 Å². The molecule has 3 rings (SSSR count). The molecule has 1 aliphatic carbocycles. The number of fused-ring (bicyclic) bond motifs is 1.